The van der Waals surface area contributed by atoms with Gasteiger partial charge in [0.05, 0.1) is 26.9 Å². The number of imidazole rings is 1. The maximum atomic E-state index is 5.61. The lowest BCUT2D eigenvalue weighted by atomic mass is 10.0. The Labute approximate surface area is 166 Å². The van der Waals surface area contributed by atoms with E-state index in [9.17, 15) is 0 Å². The molecule has 1 heterocycles. The van der Waals surface area contributed by atoms with Gasteiger partial charge in [-0.05, 0) is 30.7 Å². The van der Waals surface area contributed by atoms with Crippen LogP contribution in [0, 0.1) is 0 Å². The summed E-state index contributed by atoms with van der Waals surface area (Å²) in [6, 6.07) is 13.9. The number of para-hydroxylation sites is 1. The number of aryl methyl sites for hydroxylation is 1. The molecule has 1 unspecified atom stereocenters. The molecule has 1 atom stereocenters. The van der Waals surface area contributed by atoms with Crippen molar-refractivity contribution in [1.29, 1.82) is 0 Å². The van der Waals surface area contributed by atoms with Gasteiger partial charge in [-0.15, -0.1) is 0 Å². The highest BCUT2D eigenvalue weighted by molar-refractivity contribution is 5.43. The first-order valence-electron chi connectivity index (χ1n) is 9.31. The second-order valence-electron chi connectivity index (χ2n) is 6.37. The molecular weight excluding hydrogens is 354 g/mol. The van der Waals surface area contributed by atoms with Crippen LogP contribution in [0.3, 0.4) is 0 Å². The Bertz CT molecular complexity index is 908. The average molecular weight is 381 g/mol. The fourth-order valence-corrected chi connectivity index (χ4v) is 3.22. The summed E-state index contributed by atoms with van der Waals surface area (Å²) in [7, 11) is 5.33. The lowest BCUT2D eigenvalue weighted by Gasteiger charge is -2.21. The molecule has 6 heteroatoms. The molecule has 2 aromatic carbocycles. The zero-order chi connectivity index (χ0) is 19.9. The molecule has 28 heavy (non-hydrogen) atoms. The molecule has 0 spiro atoms. The van der Waals surface area contributed by atoms with Crippen molar-refractivity contribution >= 4 is 0 Å². The topological polar surface area (TPSA) is 57.5 Å². The Hall–Kier alpha value is -2.99. The van der Waals surface area contributed by atoms with E-state index in [2.05, 4.69) is 16.4 Å². The van der Waals surface area contributed by atoms with Gasteiger partial charge in [-0.1, -0.05) is 24.3 Å². The highest BCUT2D eigenvalue weighted by Gasteiger charge is 2.21. The van der Waals surface area contributed by atoms with Gasteiger partial charge in [-0.2, -0.15) is 0 Å². The normalized spacial score (nSPS) is 11.9. The number of hydrogen-bond donors (Lipinski definition) is 1. The van der Waals surface area contributed by atoms with Crippen LogP contribution in [0.2, 0.25) is 0 Å². The fourth-order valence-electron chi connectivity index (χ4n) is 3.22. The Kier molecular flexibility index (Phi) is 6.55. The molecule has 0 amide bonds. The number of benzene rings is 2. The number of aromatic nitrogens is 2. The number of ether oxygens (including phenoxy) is 3. The van der Waals surface area contributed by atoms with Crippen molar-refractivity contribution in [2.45, 2.75) is 19.5 Å². The zero-order valence-corrected chi connectivity index (χ0v) is 16.8. The Morgan fingerprint density at radius 1 is 1.04 bits per heavy atom. The van der Waals surface area contributed by atoms with Gasteiger partial charge in [0.1, 0.15) is 11.6 Å². The number of nitrogens with zero attached hydrogens (tertiary/aromatic N) is 2. The molecule has 0 fully saturated rings. The molecule has 0 aliphatic carbocycles. The smallest absolute Gasteiger partial charge is 0.161 e. The molecule has 6 nitrogen and oxygen atoms in total. The van der Waals surface area contributed by atoms with Gasteiger partial charge < -0.3 is 18.8 Å². The third kappa shape index (κ3) is 4.28. The standard InChI is InChI=1S/C22H27N3O3/c1-5-28-19-11-10-16(14-20(19)27-4)15-24-21(22-23-12-13-25(22)2)17-8-6-7-9-18(17)26-3/h6-14,21,24H,5,15H2,1-4H3. The maximum Gasteiger partial charge on any atom is 0.161 e. The molecule has 0 aliphatic rings. The van der Waals surface area contributed by atoms with E-state index < -0.39 is 0 Å². The quantitative estimate of drug-likeness (QED) is 0.612. The van der Waals surface area contributed by atoms with Gasteiger partial charge >= 0.3 is 0 Å². The highest BCUT2D eigenvalue weighted by Crippen LogP contribution is 2.31. The number of rotatable bonds is 9. The highest BCUT2D eigenvalue weighted by atomic mass is 16.5. The van der Waals surface area contributed by atoms with E-state index in [1.54, 1.807) is 20.4 Å². The van der Waals surface area contributed by atoms with Crippen LogP contribution in [0.25, 0.3) is 0 Å². The predicted octanol–water partition coefficient (Wildman–Crippen LogP) is 3.72. The molecule has 0 radical (unpaired) electrons. The molecule has 1 N–H and O–H groups in total. The third-order valence-electron chi connectivity index (χ3n) is 4.60. The molecule has 3 rings (SSSR count). The van der Waals surface area contributed by atoms with Gasteiger partial charge in [0.15, 0.2) is 11.5 Å². The van der Waals surface area contributed by atoms with Crippen molar-refractivity contribution < 1.29 is 14.2 Å². The molecular formula is C22H27N3O3. The second-order valence-corrected chi connectivity index (χ2v) is 6.37. The summed E-state index contributed by atoms with van der Waals surface area (Å²) in [6.07, 6.45) is 3.75. The van der Waals surface area contributed by atoms with Crippen molar-refractivity contribution in [2.24, 2.45) is 7.05 Å². The van der Waals surface area contributed by atoms with E-state index in [-0.39, 0.29) is 6.04 Å². The first-order valence-corrected chi connectivity index (χ1v) is 9.31. The molecule has 3 aromatic rings. The van der Waals surface area contributed by atoms with Crippen molar-refractivity contribution in [3.63, 3.8) is 0 Å². The summed E-state index contributed by atoms with van der Waals surface area (Å²) >= 11 is 0. The minimum Gasteiger partial charge on any atom is -0.496 e. The van der Waals surface area contributed by atoms with E-state index >= 15 is 0 Å². The van der Waals surface area contributed by atoms with Crippen LogP contribution in [0.4, 0.5) is 0 Å². The minimum absolute atomic E-state index is 0.117. The Morgan fingerprint density at radius 3 is 2.50 bits per heavy atom. The van der Waals surface area contributed by atoms with Crippen LogP contribution in [-0.2, 0) is 13.6 Å². The molecule has 0 bridgehead atoms. The fraction of sp³-hybridized carbons (Fsp3) is 0.318. The van der Waals surface area contributed by atoms with Crippen molar-refractivity contribution in [3.8, 4) is 17.2 Å². The maximum absolute atomic E-state index is 5.61. The van der Waals surface area contributed by atoms with Gasteiger partial charge in [-0.25, -0.2) is 4.98 Å². The number of hydrogen-bond acceptors (Lipinski definition) is 5. The molecule has 148 valence electrons. The van der Waals surface area contributed by atoms with Crippen molar-refractivity contribution in [1.82, 2.24) is 14.9 Å². The van der Waals surface area contributed by atoms with E-state index in [0.717, 1.165) is 34.2 Å². The van der Waals surface area contributed by atoms with Crippen LogP contribution < -0.4 is 19.5 Å². The van der Waals surface area contributed by atoms with Gasteiger partial charge in [0.25, 0.3) is 0 Å². The predicted molar refractivity (Wildman–Crippen MR) is 109 cm³/mol. The van der Waals surface area contributed by atoms with E-state index in [1.807, 2.05) is 61.1 Å². The summed E-state index contributed by atoms with van der Waals surface area (Å²) in [5.41, 5.74) is 2.13. The van der Waals surface area contributed by atoms with E-state index in [1.165, 1.54) is 0 Å². The van der Waals surface area contributed by atoms with Crippen LogP contribution in [0.15, 0.2) is 54.9 Å². The van der Waals surface area contributed by atoms with Crippen LogP contribution in [-0.4, -0.2) is 30.4 Å². The largest absolute Gasteiger partial charge is 0.496 e. The summed E-state index contributed by atoms with van der Waals surface area (Å²) in [4.78, 5) is 4.55. The number of nitrogens with one attached hydrogen (secondary N) is 1. The van der Waals surface area contributed by atoms with Crippen molar-refractivity contribution in [3.05, 3.63) is 71.8 Å². The summed E-state index contributed by atoms with van der Waals surface area (Å²) in [5.74, 6) is 3.22. The first kappa shape index (κ1) is 19.8. The van der Waals surface area contributed by atoms with Crippen LogP contribution in [0.1, 0.15) is 29.9 Å². The molecule has 0 saturated heterocycles. The van der Waals surface area contributed by atoms with Gasteiger partial charge in [0.2, 0.25) is 0 Å². The summed E-state index contributed by atoms with van der Waals surface area (Å²) in [6.45, 7) is 3.20. The van der Waals surface area contributed by atoms with Crippen molar-refractivity contribution in [2.75, 3.05) is 20.8 Å². The summed E-state index contributed by atoms with van der Waals surface area (Å²) in [5, 5.41) is 3.61. The summed E-state index contributed by atoms with van der Waals surface area (Å²) < 4.78 is 18.7. The molecule has 0 aliphatic heterocycles. The molecule has 0 saturated carbocycles. The van der Waals surface area contributed by atoms with Crippen LogP contribution >= 0.6 is 0 Å². The first-order chi connectivity index (χ1) is 13.7. The average Bonchev–Trinajstić information content (AvgIpc) is 3.15. The van der Waals surface area contributed by atoms with Crippen LogP contribution in [0.5, 0.6) is 17.2 Å². The lowest BCUT2D eigenvalue weighted by molar-refractivity contribution is 0.310. The number of methoxy groups -OCH3 is 2. The molecule has 1 aromatic heterocycles. The zero-order valence-electron chi connectivity index (χ0n) is 16.8. The van der Waals surface area contributed by atoms with E-state index in [0.29, 0.717) is 13.2 Å². The SMILES string of the molecule is CCOc1ccc(CNC(c2ccccc2OC)c2nccn2C)cc1OC. The monoisotopic (exact) mass is 381 g/mol. The second kappa shape index (κ2) is 9.28. The Morgan fingerprint density at radius 2 is 1.82 bits per heavy atom. The third-order valence-corrected chi connectivity index (χ3v) is 4.60. The van der Waals surface area contributed by atoms with E-state index in [4.69, 9.17) is 14.2 Å². The van der Waals surface area contributed by atoms with Gasteiger partial charge in [0, 0.05) is 31.5 Å². The lowest BCUT2D eigenvalue weighted by Crippen LogP contribution is -2.25. The van der Waals surface area contributed by atoms with Gasteiger partial charge in [-0.3, -0.25) is 5.32 Å². The minimum atomic E-state index is -0.117. The Balaban J connectivity index is 1.88.